The number of nitrogens with zero attached hydrogens (tertiary/aromatic N) is 6. The van der Waals surface area contributed by atoms with Crippen LogP contribution in [0.25, 0.3) is 22.0 Å². The molecule has 0 radical (unpaired) electrons. The van der Waals surface area contributed by atoms with Gasteiger partial charge >= 0.3 is 6.03 Å². The third kappa shape index (κ3) is 9.30. The first-order valence-electron chi connectivity index (χ1n) is 25.0. The van der Waals surface area contributed by atoms with Crippen molar-refractivity contribution in [2.75, 3.05) is 75.8 Å². The van der Waals surface area contributed by atoms with Crippen LogP contribution in [-0.2, 0) is 17.4 Å². The molecule has 4 fully saturated rings. The Hall–Kier alpha value is -6.23. The minimum Gasteiger partial charge on any atom is -0.494 e. The molecule has 0 aliphatic carbocycles. The normalized spacial score (nSPS) is 22.0. The number of imide groups is 1. The molecule has 4 aromatic carbocycles. The van der Waals surface area contributed by atoms with E-state index in [0.29, 0.717) is 29.8 Å². The average molecular weight is 991 g/mol. The SMILES string of the molecule is COc1ccc(C(N)=O)c(-c2c(Cl)c(F)cc3c2[C@H](C)[C@@](/C=C\NC2CCN(CC4CCN(CC5CCN(c6cccc7c(N8CCC(=O)NC8=O)nn(C)c67)CC5)CC4)CC2)(c2ccccc2)O3)c1F. The monoisotopic (exact) mass is 989 g/mol. The Labute approximate surface area is 418 Å². The number of nitrogens with two attached hydrogens (primary N) is 1. The van der Waals surface area contributed by atoms with E-state index in [4.69, 9.17) is 31.9 Å². The van der Waals surface area contributed by atoms with Gasteiger partial charge in [-0.15, -0.1) is 0 Å². The van der Waals surface area contributed by atoms with Crippen LogP contribution in [-0.4, -0.2) is 109 Å². The lowest BCUT2D eigenvalue weighted by Crippen LogP contribution is -2.49. The minimum absolute atomic E-state index is 0.00855. The van der Waals surface area contributed by atoms with Crippen molar-refractivity contribution in [3.05, 3.63) is 112 Å². The Morgan fingerprint density at radius 3 is 2.25 bits per heavy atom. The van der Waals surface area contributed by atoms with Crippen LogP contribution in [0.5, 0.6) is 11.5 Å². The Balaban J connectivity index is 0.720. The number of rotatable bonds is 13. The third-order valence-corrected chi connectivity index (χ3v) is 16.1. The molecule has 374 valence electrons. The second-order valence-corrected chi connectivity index (χ2v) is 20.3. The van der Waals surface area contributed by atoms with Gasteiger partial charge in [-0.2, -0.15) is 5.10 Å². The standard InChI is InChI=1S/C54H62ClF2N9O5/c1-33-45-43(30-40(56)48(55)47(45)46-38(51(58)68)12-13-42(70-3)49(46)57)71-54(33,36-8-5-4-6-9-36)21-22-59-37-18-25-64(26-19-37)31-34-14-23-63(24-15-34)32-35-16-27-65(28-17-35)41-11-7-10-39-50(41)62(2)61-52(39)66-29-20-44(67)60-53(66)69/h4-13,21-22,30,33-35,37,59H,14-20,23-29,31-32H2,1-3H3,(H2,58,68)(H,60,67,69)/b22-21-/t33-,54-/m0/s1. The van der Waals surface area contributed by atoms with Crippen molar-refractivity contribution in [3.63, 3.8) is 0 Å². The summed E-state index contributed by atoms with van der Waals surface area (Å²) in [5.41, 5.74) is 7.66. The number of urea groups is 1. The van der Waals surface area contributed by atoms with Crippen molar-refractivity contribution >= 4 is 51.9 Å². The van der Waals surface area contributed by atoms with E-state index in [-0.39, 0.29) is 51.6 Å². The lowest BCUT2D eigenvalue weighted by Gasteiger charge is -2.40. The molecule has 6 heterocycles. The van der Waals surface area contributed by atoms with Crippen LogP contribution in [0.4, 0.5) is 25.1 Å². The minimum atomic E-state index is -1.13. The molecule has 0 saturated carbocycles. The highest BCUT2D eigenvalue weighted by atomic mass is 35.5. The molecule has 4 saturated heterocycles. The van der Waals surface area contributed by atoms with Crippen molar-refractivity contribution < 1.29 is 32.6 Å². The van der Waals surface area contributed by atoms with E-state index in [1.54, 1.807) is 4.90 Å². The van der Waals surface area contributed by atoms with Gasteiger partial charge in [0.05, 0.1) is 28.9 Å². The van der Waals surface area contributed by atoms with Crippen LogP contribution in [0.15, 0.2) is 79.0 Å². The lowest BCUT2D eigenvalue weighted by molar-refractivity contribution is -0.120. The molecule has 2 atom stereocenters. The number of ether oxygens (including phenoxy) is 2. The number of anilines is 2. The molecule has 4 amide bonds. The molecular weight excluding hydrogens is 928 g/mol. The number of fused-ring (bicyclic) bond motifs is 2. The smallest absolute Gasteiger partial charge is 0.329 e. The zero-order valence-electron chi connectivity index (χ0n) is 40.6. The van der Waals surface area contributed by atoms with E-state index in [1.807, 2.05) is 73.4 Å². The zero-order valence-corrected chi connectivity index (χ0v) is 41.3. The molecule has 10 rings (SSSR count). The molecule has 0 bridgehead atoms. The molecule has 1 aromatic heterocycles. The number of likely N-dealkylation sites (tertiary alicyclic amines) is 2. The number of nitrogens with one attached hydrogen (secondary N) is 2. The third-order valence-electron chi connectivity index (χ3n) is 15.7. The summed E-state index contributed by atoms with van der Waals surface area (Å²) in [6.45, 7) is 10.7. The number of piperidine rings is 3. The largest absolute Gasteiger partial charge is 0.494 e. The summed E-state index contributed by atoms with van der Waals surface area (Å²) in [6, 6.07) is 19.6. The molecule has 0 spiro atoms. The Bertz CT molecular complexity index is 2860. The maximum Gasteiger partial charge on any atom is 0.329 e. The Morgan fingerprint density at radius 2 is 1.59 bits per heavy atom. The van der Waals surface area contributed by atoms with Crippen LogP contribution in [0, 0.1) is 23.5 Å². The Morgan fingerprint density at radius 1 is 0.915 bits per heavy atom. The highest BCUT2D eigenvalue weighted by Gasteiger charge is 2.49. The summed E-state index contributed by atoms with van der Waals surface area (Å²) >= 11 is 6.70. The van der Waals surface area contributed by atoms with E-state index < -0.39 is 35.1 Å². The molecule has 71 heavy (non-hydrogen) atoms. The van der Waals surface area contributed by atoms with Crippen LogP contribution in [0.2, 0.25) is 5.02 Å². The van der Waals surface area contributed by atoms with E-state index in [0.717, 1.165) is 100 Å². The van der Waals surface area contributed by atoms with E-state index >= 15 is 8.78 Å². The maximum absolute atomic E-state index is 16.2. The number of hydrogen-bond acceptors (Lipinski definition) is 10. The number of hydrogen-bond donors (Lipinski definition) is 3. The number of amides is 4. The van der Waals surface area contributed by atoms with E-state index in [9.17, 15) is 14.4 Å². The van der Waals surface area contributed by atoms with Gasteiger partial charge in [0.25, 0.3) is 0 Å². The first-order valence-corrected chi connectivity index (χ1v) is 25.3. The first kappa shape index (κ1) is 48.4. The van der Waals surface area contributed by atoms with Gasteiger partial charge in [0, 0.05) is 99.4 Å². The fourth-order valence-corrected chi connectivity index (χ4v) is 12.1. The summed E-state index contributed by atoms with van der Waals surface area (Å²) in [5.74, 6) is -1.37. The summed E-state index contributed by atoms with van der Waals surface area (Å²) < 4.78 is 45.8. The van der Waals surface area contributed by atoms with Gasteiger partial charge < -0.3 is 35.2 Å². The number of carbonyl (C=O) groups excluding carboxylic acids is 3. The van der Waals surface area contributed by atoms with Gasteiger partial charge in [-0.3, -0.25) is 24.5 Å². The van der Waals surface area contributed by atoms with Crippen molar-refractivity contribution in [3.8, 4) is 22.6 Å². The van der Waals surface area contributed by atoms with Crippen LogP contribution < -0.4 is 35.6 Å². The van der Waals surface area contributed by atoms with Crippen molar-refractivity contribution in [1.82, 2.24) is 30.2 Å². The average Bonchev–Trinajstić information content (AvgIpc) is 3.86. The zero-order chi connectivity index (χ0) is 49.6. The lowest BCUT2D eigenvalue weighted by atomic mass is 9.77. The number of primary amides is 1. The first-order chi connectivity index (χ1) is 34.3. The van der Waals surface area contributed by atoms with Gasteiger partial charge in [0.2, 0.25) is 11.8 Å². The van der Waals surface area contributed by atoms with Crippen LogP contribution in [0.3, 0.4) is 0 Å². The number of aromatic nitrogens is 2. The second kappa shape index (κ2) is 20.1. The summed E-state index contributed by atoms with van der Waals surface area (Å²) in [4.78, 5) is 46.5. The fourth-order valence-electron chi connectivity index (χ4n) is 11.9. The van der Waals surface area contributed by atoms with Gasteiger partial charge in [0.1, 0.15) is 11.6 Å². The predicted molar refractivity (Wildman–Crippen MR) is 271 cm³/mol. The highest BCUT2D eigenvalue weighted by molar-refractivity contribution is 6.34. The van der Waals surface area contributed by atoms with E-state index in [2.05, 4.69) is 31.4 Å². The van der Waals surface area contributed by atoms with Crippen LogP contribution >= 0.6 is 11.6 Å². The number of methoxy groups -OCH3 is 1. The van der Waals surface area contributed by atoms with Crippen molar-refractivity contribution in [2.45, 2.75) is 69.4 Å². The fraction of sp³-hybridized carbons (Fsp3) is 0.444. The van der Waals surface area contributed by atoms with Gasteiger partial charge in [-0.25, -0.2) is 13.6 Å². The molecule has 17 heteroatoms. The topological polar surface area (TPSA) is 151 Å². The number of aryl methyl sites for hydroxylation is 1. The molecule has 0 unspecified atom stereocenters. The maximum atomic E-state index is 16.2. The van der Waals surface area contributed by atoms with Crippen LogP contribution in [0.1, 0.15) is 79.3 Å². The molecule has 5 aromatic rings. The van der Waals surface area contributed by atoms with Crippen molar-refractivity contribution in [2.24, 2.45) is 24.6 Å². The van der Waals surface area contributed by atoms with Gasteiger partial charge in [-0.05, 0) is 106 Å². The molecule has 14 nitrogen and oxygen atoms in total. The molecule has 4 N–H and O–H groups in total. The number of carbonyl (C=O) groups is 3. The predicted octanol–water partition coefficient (Wildman–Crippen LogP) is 8.31. The van der Waals surface area contributed by atoms with Gasteiger partial charge in [0.15, 0.2) is 23.0 Å². The summed E-state index contributed by atoms with van der Waals surface area (Å²) in [7, 11) is 3.24. The van der Waals surface area contributed by atoms with Crippen molar-refractivity contribution in [1.29, 1.82) is 0 Å². The number of para-hydroxylation sites is 1. The Kier molecular flexibility index (Phi) is 13.7. The van der Waals surface area contributed by atoms with E-state index in [1.165, 1.54) is 38.2 Å². The van der Waals surface area contributed by atoms with Gasteiger partial charge in [-0.1, -0.05) is 54.9 Å². The molecule has 5 aliphatic heterocycles. The number of halogens is 3. The second-order valence-electron chi connectivity index (χ2n) is 19.9. The highest BCUT2D eigenvalue weighted by Crippen LogP contribution is 2.57. The number of benzene rings is 4. The quantitative estimate of drug-likeness (QED) is 0.105. The molecular formula is C54H62ClF2N9O5. The summed E-state index contributed by atoms with van der Waals surface area (Å²) in [6.07, 6.45) is 10.8. The summed E-state index contributed by atoms with van der Waals surface area (Å²) in [5, 5.41) is 11.4. The molecule has 5 aliphatic rings.